The fraction of sp³-hybridized carbons (Fsp3) is 0.308. The van der Waals surface area contributed by atoms with E-state index in [0.29, 0.717) is 12.3 Å². The summed E-state index contributed by atoms with van der Waals surface area (Å²) in [5.41, 5.74) is 3.86. The van der Waals surface area contributed by atoms with Crippen molar-refractivity contribution in [2.24, 2.45) is 0 Å². The number of ether oxygens (including phenoxy) is 1. The van der Waals surface area contributed by atoms with E-state index < -0.39 is 0 Å². The number of H-pyrrole nitrogens is 1. The zero-order valence-electron chi connectivity index (χ0n) is 10.7. The van der Waals surface area contributed by atoms with Crippen LogP contribution in [0.1, 0.15) is 17.0 Å². The number of anilines is 1. The van der Waals surface area contributed by atoms with E-state index in [4.69, 9.17) is 4.74 Å². The summed E-state index contributed by atoms with van der Waals surface area (Å²) in [6, 6.07) is 4.43. The Hall–Kier alpha value is -2.04. The molecule has 96 valence electrons. The van der Waals surface area contributed by atoms with Gasteiger partial charge in [-0.15, -0.1) is 0 Å². The molecule has 1 aromatic heterocycles. The van der Waals surface area contributed by atoms with Crippen LogP contribution in [0.5, 0.6) is 5.75 Å². The molecule has 5 heteroatoms. The van der Waals surface area contributed by atoms with Crippen molar-refractivity contribution in [3.63, 3.8) is 0 Å². The first kappa shape index (κ1) is 12.4. The molecule has 4 nitrogen and oxygen atoms in total. The highest BCUT2D eigenvalue weighted by Crippen LogP contribution is 2.25. The Bertz CT molecular complexity index is 532. The van der Waals surface area contributed by atoms with Gasteiger partial charge in [-0.3, -0.25) is 5.10 Å². The lowest BCUT2D eigenvalue weighted by atomic mass is 10.2. The average molecular weight is 249 g/mol. The Morgan fingerprint density at radius 3 is 2.78 bits per heavy atom. The predicted molar refractivity (Wildman–Crippen MR) is 68.3 cm³/mol. The van der Waals surface area contributed by atoms with Gasteiger partial charge in [0.1, 0.15) is 11.6 Å². The second-order valence-corrected chi connectivity index (χ2v) is 4.11. The van der Waals surface area contributed by atoms with E-state index in [1.54, 1.807) is 6.07 Å². The van der Waals surface area contributed by atoms with Crippen LogP contribution in [0.4, 0.5) is 10.1 Å². The molecule has 0 atom stereocenters. The molecule has 18 heavy (non-hydrogen) atoms. The SMILES string of the molecule is COc1cc(F)ccc1NCc1c(C)n[nH]c1C. The summed E-state index contributed by atoms with van der Waals surface area (Å²) in [5, 5.41) is 10.3. The molecule has 0 aliphatic carbocycles. The fourth-order valence-electron chi connectivity index (χ4n) is 1.83. The summed E-state index contributed by atoms with van der Waals surface area (Å²) in [5.74, 6) is 0.182. The summed E-state index contributed by atoms with van der Waals surface area (Å²) < 4.78 is 18.2. The second-order valence-electron chi connectivity index (χ2n) is 4.11. The molecule has 0 fully saturated rings. The number of rotatable bonds is 4. The topological polar surface area (TPSA) is 49.9 Å². The number of nitrogens with zero attached hydrogens (tertiary/aromatic N) is 1. The third kappa shape index (κ3) is 2.45. The monoisotopic (exact) mass is 249 g/mol. The number of hydrogen-bond donors (Lipinski definition) is 2. The molecule has 0 saturated heterocycles. The Balaban J connectivity index is 2.15. The van der Waals surface area contributed by atoms with Crippen LogP contribution in [-0.4, -0.2) is 17.3 Å². The van der Waals surface area contributed by atoms with Crippen molar-refractivity contribution < 1.29 is 9.13 Å². The lowest BCUT2D eigenvalue weighted by Crippen LogP contribution is -2.03. The Morgan fingerprint density at radius 1 is 1.39 bits per heavy atom. The molecule has 0 spiro atoms. The number of hydrogen-bond acceptors (Lipinski definition) is 3. The number of benzene rings is 1. The van der Waals surface area contributed by atoms with Crippen molar-refractivity contribution in [1.82, 2.24) is 10.2 Å². The number of methoxy groups -OCH3 is 1. The molecule has 1 heterocycles. The number of aryl methyl sites for hydroxylation is 2. The molecule has 0 bridgehead atoms. The van der Waals surface area contributed by atoms with E-state index in [-0.39, 0.29) is 5.82 Å². The second kappa shape index (κ2) is 5.08. The maximum Gasteiger partial charge on any atom is 0.144 e. The van der Waals surface area contributed by atoms with Crippen LogP contribution in [0.15, 0.2) is 18.2 Å². The normalized spacial score (nSPS) is 10.4. The molecule has 2 N–H and O–H groups in total. The van der Waals surface area contributed by atoms with E-state index in [0.717, 1.165) is 22.6 Å². The molecule has 2 rings (SSSR count). The van der Waals surface area contributed by atoms with Crippen LogP contribution in [0.2, 0.25) is 0 Å². The molecule has 0 unspecified atom stereocenters. The summed E-state index contributed by atoms with van der Waals surface area (Å²) in [6.07, 6.45) is 0. The molecular formula is C13H16FN3O. The number of aromatic amines is 1. The van der Waals surface area contributed by atoms with Gasteiger partial charge in [-0.05, 0) is 26.0 Å². The van der Waals surface area contributed by atoms with E-state index >= 15 is 0 Å². The largest absolute Gasteiger partial charge is 0.494 e. The average Bonchev–Trinajstić information content (AvgIpc) is 2.68. The minimum Gasteiger partial charge on any atom is -0.494 e. The van der Waals surface area contributed by atoms with Gasteiger partial charge in [-0.1, -0.05) is 0 Å². The Labute approximate surface area is 105 Å². The van der Waals surface area contributed by atoms with Crippen LogP contribution in [0, 0.1) is 19.7 Å². The van der Waals surface area contributed by atoms with Gasteiger partial charge in [0.25, 0.3) is 0 Å². The highest BCUT2D eigenvalue weighted by molar-refractivity contribution is 5.56. The first-order chi connectivity index (χ1) is 8.61. The van der Waals surface area contributed by atoms with Crippen LogP contribution in [0.25, 0.3) is 0 Å². The molecule has 1 aromatic carbocycles. The first-order valence-electron chi connectivity index (χ1n) is 5.69. The van der Waals surface area contributed by atoms with E-state index in [9.17, 15) is 4.39 Å². The maximum atomic E-state index is 13.1. The molecule has 2 aromatic rings. The van der Waals surface area contributed by atoms with Gasteiger partial charge in [0.2, 0.25) is 0 Å². The quantitative estimate of drug-likeness (QED) is 0.876. The van der Waals surface area contributed by atoms with Crippen molar-refractivity contribution >= 4 is 5.69 Å². The minimum atomic E-state index is -0.312. The van der Waals surface area contributed by atoms with Crippen molar-refractivity contribution in [3.8, 4) is 5.75 Å². The van der Waals surface area contributed by atoms with Gasteiger partial charge >= 0.3 is 0 Å². The van der Waals surface area contributed by atoms with Crippen LogP contribution < -0.4 is 10.1 Å². The Morgan fingerprint density at radius 2 is 2.17 bits per heavy atom. The summed E-state index contributed by atoms with van der Waals surface area (Å²) in [7, 11) is 1.52. The number of aromatic nitrogens is 2. The van der Waals surface area contributed by atoms with Crippen molar-refractivity contribution in [1.29, 1.82) is 0 Å². The molecule has 0 saturated carbocycles. The van der Waals surface area contributed by atoms with Crippen molar-refractivity contribution in [2.75, 3.05) is 12.4 Å². The smallest absolute Gasteiger partial charge is 0.144 e. The third-order valence-corrected chi connectivity index (χ3v) is 2.90. The Kier molecular flexibility index (Phi) is 3.50. The van der Waals surface area contributed by atoms with Crippen molar-refractivity contribution in [2.45, 2.75) is 20.4 Å². The maximum absolute atomic E-state index is 13.1. The predicted octanol–water partition coefficient (Wildman–Crippen LogP) is 2.79. The van der Waals surface area contributed by atoms with Gasteiger partial charge in [-0.2, -0.15) is 5.10 Å². The van der Waals surface area contributed by atoms with Gasteiger partial charge in [0.05, 0.1) is 18.5 Å². The van der Waals surface area contributed by atoms with Crippen LogP contribution in [-0.2, 0) is 6.54 Å². The molecular weight excluding hydrogens is 233 g/mol. The first-order valence-corrected chi connectivity index (χ1v) is 5.69. The molecule has 0 aliphatic rings. The lowest BCUT2D eigenvalue weighted by Gasteiger charge is -2.11. The van der Waals surface area contributed by atoms with E-state index in [1.165, 1.54) is 19.2 Å². The molecule has 0 radical (unpaired) electrons. The third-order valence-electron chi connectivity index (χ3n) is 2.90. The highest BCUT2D eigenvalue weighted by Gasteiger charge is 2.08. The van der Waals surface area contributed by atoms with Crippen LogP contribution in [0.3, 0.4) is 0 Å². The van der Waals surface area contributed by atoms with Gasteiger partial charge in [0, 0.05) is 23.9 Å². The van der Waals surface area contributed by atoms with Gasteiger partial charge < -0.3 is 10.1 Å². The lowest BCUT2D eigenvalue weighted by molar-refractivity contribution is 0.413. The summed E-state index contributed by atoms with van der Waals surface area (Å²) in [4.78, 5) is 0. The zero-order chi connectivity index (χ0) is 13.1. The minimum absolute atomic E-state index is 0.312. The van der Waals surface area contributed by atoms with Crippen LogP contribution >= 0.6 is 0 Å². The van der Waals surface area contributed by atoms with Gasteiger partial charge in [-0.25, -0.2) is 4.39 Å². The standard InChI is InChI=1S/C13H16FN3O/c1-8-11(9(2)17-16-8)7-15-12-5-4-10(14)6-13(12)18-3/h4-6,15H,7H2,1-3H3,(H,16,17). The summed E-state index contributed by atoms with van der Waals surface area (Å²) in [6.45, 7) is 4.54. The van der Waals surface area contributed by atoms with Crippen molar-refractivity contribution in [3.05, 3.63) is 41.0 Å². The molecule has 0 amide bonds. The molecule has 0 aliphatic heterocycles. The van der Waals surface area contributed by atoms with E-state index in [1.807, 2.05) is 13.8 Å². The summed E-state index contributed by atoms with van der Waals surface area (Å²) >= 11 is 0. The number of halogens is 1. The fourth-order valence-corrected chi connectivity index (χ4v) is 1.83. The number of nitrogens with one attached hydrogen (secondary N) is 2. The van der Waals surface area contributed by atoms with Gasteiger partial charge in [0.15, 0.2) is 0 Å². The van der Waals surface area contributed by atoms with E-state index in [2.05, 4.69) is 15.5 Å². The zero-order valence-corrected chi connectivity index (χ0v) is 10.7. The highest BCUT2D eigenvalue weighted by atomic mass is 19.1.